The van der Waals surface area contributed by atoms with Crippen molar-refractivity contribution < 1.29 is 19.2 Å². The summed E-state index contributed by atoms with van der Waals surface area (Å²) in [5.74, 6) is 0.499. The number of hydrogen-bond acceptors (Lipinski definition) is 7. The molecule has 1 fully saturated rings. The van der Waals surface area contributed by atoms with Crippen LogP contribution in [-0.2, 0) is 9.57 Å². The van der Waals surface area contributed by atoms with Crippen molar-refractivity contribution in [1.29, 1.82) is 0 Å². The zero-order valence-corrected chi connectivity index (χ0v) is 16.9. The van der Waals surface area contributed by atoms with Crippen LogP contribution in [0.5, 0.6) is 0 Å². The Bertz CT molecular complexity index is 845. The minimum Gasteiger partial charge on any atom is -0.443 e. The molecular formula is C18H23N5O4S. The van der Waals surface area contributed by atoms with Crippen molar-refractivity contribution in [3.63, 3.8) is 0 Å². The zero-order valence-electron chi connectivity index (χ0n) is 16.1. The number of hydroxylamine groups is 2. The Hall–Kier alpha value is -2.46. The summed E-state index contributed by atoms with van der Waals surface area (Å²) < 4.78 is 5.53. The van der Waals surface area contributed by atoms with E-state index < -0.39 is 17.7 Å². The first-order valence-corrected chi connectivity index (χ1v) is 10.0. The van der Waals surface area contributed by atoms with Crippen LogP contribution in [0.1, 0.15) is 43.4 Å². The summed E-state index contributed by atoms with van der Waals surface area (Å²) in [6.07, 6.45) is 1.13. The second-order valence-electron chi connectivity index (χ2n) is 7.74. The fraction of sp³-hybridized carbons (Fsp3) is 0.556. The Morgan fingerprint density at radius 1 is 1.46 bits per heavy atom. The number of aromatic nitrogens is 1. The van der Waals surface area contributed by atoms with E-state index in [2.05, 4.69) is 16.6 Å². The summed E-state index contributed by atoms with van der Waals surface area (Å²) >= 11 is 1.48. The Kier molecular flexibility index (Phi) is 4.62. The van der Waals surface area contributed by atoms with E-state index in [1.165, 1.54) is 21.3 Å². The second kappa shape index (κ2) is 6.85. The van der Waals surface area contributed by atoms with Gasteiger partial charge in [-0.1, -0.05) is 6.08 Å². The van der Waals surface area contributed by atoms with E-state index in [0.29, 0.717) is 25.5 Å². The summed E-state index contributed by atoms with van der Waals surface area (Å²) in [4.78, 5) is 44.5. The predicted molar refractivity (Wildman–Crippen MR) is 103 cm³/mol. The van der Waals surface area contributed by atoms with E-state index in [0.717, 1.165) is 10.6 Å². The van der Waals surface area contributed by atoms with Gasteiger partial charge in [0.1, 0.15) is 23.5 Å². The molecule has 3 aliphatic rings. The van der Waals surface area contributed by atoms with Gasteiger partial charge >= 0.3 is 12.1 Å². The molecule has 3 aliphatic heterocycles. The minimum absolute atomic E-state index is 0.219. The first kappa shape index (κ1) is 18.9. The molecular weight excluding hydrogens is 382 g/mol. The summed E-state index contributed by atoms with van der Waals surface area (Å²) in [7, 11) is 0. The number of amides is 3. The number of thiazole rings is 1. The lowest BCUT2D eigenvalue weighted by Gasteiger charge is -2.33. The SMILES string of the molecule is C=CCON1C(=O)N2CC1c1scnc1C2C1=NCCN1C(=O)OC(C)(C)C. The largest absolute Gasteiger partial charge is 0.443 e. The van der Waals surface area contributed by atoms with Gasteiger partial charge in [0.05, 0.1) is 42.3 Å². The molecule has 9 nitrogen and oxygen atoms in total. The van der Waals surface area contributed by atoms with Gasteiger partial charge in [-0.15, -0.1) is 17.9 Å². The number of aliphatic imine (C=N–C) groups is 1. The topological polar surface area (TPSA) is 87.6 Å². The molecule has 150 valence electrons. The van der Waals surface area contributed by atoms with Gasteiger partial charge in [-0.05, 0) is 20.8 Å². The van der Waals surface area contributed by atoms with Crippen molar-refractivity contribution in [3.8, 4) is 0 Å². The summed E-state index contributed by atoms with van der Waals surface area (Å²) in [5, 5.41) is 1.38. The summed E-state index contributed by atoms with van der Waals surface area (Å²) in [6.45, 7) is 10.7. The van der Waals surface area contributed by atoms with E-state index in [1.54, 1.807) is 16.5 Å². The molecule has 28 heavy (non-hydrogen) atoms. The van der Waals surface area contributed by atoms with Gasteiger partial charge in [0.25, 0.3) is 0 Å². The average Bonchev–Trinajstić information content (AvgIpc) is 3.33. The van der Waals surface area contributed by atoms with Crippen LogP contribution in [0.4, 0.5) is 9.59 Å². The summed E-state index contributed by atoms with van der Waals surface area (Å²) in [5.41, 5.74) is 1.88. The van der Waals surface area contributed by atoms with Gasteiger partial charge in [0.2, 0.25) is 0 Å². The van der Waals surface area contributed by atoms with Gasteiger partial charge in [0, 0.05) is 0 Å². The Labute approximate surface area is 167 Å². The quantitative estimate of drug-likeness (QED) is 0.719. The highest BCUT2D eigenvalue weighted by Crippen LogP contribution is 2.46. The molecule has 1 saturated heterocycles. The van der Waals surface area contributed by atoms with Crippen LogP contribution in [0.15, 0.2) is 23.2 Å². The molecule has 1 aromatic heterocycles. The highest BCUT2D eigenvalue weighted by atomic mass is 32.1. The second-order valence-corrected chi connectivity index (χ2v) is 8.62. The van der Waals surface area contributed by atoms with Crippen LogP contribution < -0.4 is 0 Å². The van der Waals surface area contributed by atoms with Gasteiger partial charge in [-0.3, -0.25) is 14.7 Å². The lowest BCUT2D eigenvalue weighted by Crippen LogP contribution is -2.47. The van der Waals surface area contributed by atoms with Crippen LogP contribution in [-0.4, -0.2) is 69.6 Å². The molecule has 0 spiro atoms. The number of hydrogen-bond donors (Lipinski definition) is 0. The molecule has 2 atom stereocenters. The summed E-state index contributed by atoms with van der Waals surface area (Å²) in [6, 6.07) is -1.01. The molecule has 2 bridgehead atoms. The van der Waals surface area contributed by atoms with Crippen molar-refractivity contribution >= 4 is 29.3 Å². The van der Waals surface area contributed by atoms with E-state index in [4.69, 9.17) is 9.57 Å². The van der Waals surface area contributed by atoms with Crippen LogP contribution in [0.3, 0.4) is 0 Å². The maximum absolute atomic E-state index is 13.0. The maximum atomic E-state index is 13.0. The van der Waals surface area contributed by atoms with Crippen molar-refractivity contribution in [1.82, 2.24) is 19.8 Å². The van der Waals surface area contributed by atoms with E-state index in [-0.39, 0.29) is 18.7 Å². The Morgan fingerprint density at radius 3 is 2.96 bits per heavy atom. The third kappa shape index (κ3) is 3.06. The van der Waals surface area contributed by atoms with Crippen LogP contribution in [0.25, 0.3) is 0 Å². The van der Waals surface area contributed by atoms with Gasteiger partial charge in [0.15, 0.2) is 0 Å². The monoisotopic (exact) mass is 405 g/mol. The van der Waals surface area contributed by atoms with E-state index in [9.17, 15) is 9.59 Å². The maximum Gasteiger partial charge on any atom is 0.415 e. The highest BCUT2D eigenvalue weighted by Gasteiger charge is 2.53. The first-order chi connectivity index (χ1) is 13.3. The Morgan fingerprint density at radius 2 is 2.25 bits per heavy atom. The number of carbonyl (C=O) groups is 2. The number of amidine groups is 1. The molecule has 0 aliphatic carbocycles. The smallest absolute Gasteiger partial charge is 0.415 e. The molecule has 0 N–H and O–H groups in total. The van der Waals surface area contributed by atoms with Gasteiger partial charge < -0.3 is 9.64 Å². The molecule has 10 heteroatoms. The van der Waals surface area contributed by atoms with Crippen molar-refractivity contribution in [3.05, 3.63) is 28.7 Å². The fourth-order valence-corrected chi connectivity index (χ4v) is 4.50. The average molecular weight is 405 g/mol. The first-order valence-electron chi connectivity index (χ1n) is 9.13. The lowest BCUT2D eigenvalue weighted by molar-refractivity contribution is -0.118. The number of rotatable bonds is 4. The number of fused-ring (bicyclic) bond motifs is 4. The number of urea groups is 1. The van der Waals surface area contributed by atoms with E-state index in [1.807, 2.05) is 20.8 Å². The van der Waals surface area contributed by atoms with Crippen molar-refractivity contribution in [2.24, 2.45) is 4.99 Å². The number of carbonyl (C=O) groups excluding carboxylic acids is 2. The van der Waals surface area contributed by atoms with Crippen LogP contribution >= 0.6 is 11.3 Å². The molecule has 2 unspecified atom stereocenters. The molecule has 1 aromatic rings. The minimum atomic E-state index is -0.618. The third-order valence-corrected chi connectivity index (χ3v) is 5.59. The third-order valence-electron chi connectivity index (χ3n) is 4.65. The molecule has 4 rings (SSSR count). The van der Waals surface area contributed by atoms with Crippen molar-refractivity contribution in [2.75, 3.05) is 26.2 Å². The van der Waals surface area contributed by atoms with Crippen LogP contribution in [0, 0.1) is 0 Å². The lowest BCUT2D eigenvalue weighted by atomic mass is 10.0. The number of nitrogens with zero attached hydrogens (tertiary/aromatic N) is 5. The Balaban J connectivity index is 1.66. The predicted octanol–water partition coefficient (Wildman–Crippen LogP) is 2.74. The number of ether oxygens (including phenoxy) is 1. The van der Waals surface area contributed by atoms with E-state index >= 15 is 0 Å². The normalized spacial score (nSPS) is 23.8. The highest BCUT2D eigenvalue weighted by molar-refractivity contribution is 7.09. The zero-order chi connectivity index (χ0) is 20.1. The van der Waals surface area contributed by atoms with Crippen LogP contribution in [0.2, 0.25) is 0 Å². The van der Waals surface area contributed by atoms with Crippen molar-refractivity contribution in [2.45, 2.75) is 38.5 Å². The standard InChI is InChI=1S/C18H23N5O4S/c1-5-8-26-23-11-9-22(16(23)24)13(12-14(11)28-10-20-12)15-19-6-7-21(15)17(25)27-18(2,3)4/h5,10-11,13H,1,6-9H2,2-4H3. The van der Waals surface area contributed by atoms with Gasteiger partial charge in [-0.2, -0.15) is 5.06 Å². The molecule has 0 saturated carbocycles. The molecule has 0 radical (unpaired) electrons. The van der Waals surface area contributed by atoms with Gasteiger partial charge in [-0.25, -0.2) is 14.6 Å². The fourth-order valence-electron chi connectivity index (χ4n) is 3.61. The molecule has 3 amide bonds. The molecule has 4 heterocycles. The molecule has 0 aromatic carbocycles.